The van der Waals surface area contributed by atoms with Crippen LogP contribution in [0.3, 0.4) is 0 Å². The largest absolute Gasteiger partial charge is 0.494 e. The number of methoxy groups -OCH3 is 1. The number of ether oxygens (including phenoxy) is 1. The quantitative estimate of drug-likeness (QED) is 0.736. The van der Waals surface area contributed by atoms with Crippen LogP contribution in [0, 0.1) is 5.82 Å². The van der Waals surface area contributed by atoms with E-state index < -0.39 is 0 Å². The van der Waals surface area contributed by atoms with Crippen molar-refractivity contribution in [3.05, 3.63) is 77.9 Å². The molecule has 0 radical (unpaired) electrons. The second-order valence-electron chi connectivity index (χ2n) is 5.67. The van der Waals surface area contributed by atoms with Crippen molar-refractivity contribution in [1.29, 1.82) is 0 Å². The third-order valence-electron chi connectivity index (χ3n) is 3.88. The molecule has 1 atom stereocenters. The average molecular weight is 325 g/mol. The van der Waals surface area contributed by atoms with Crippen molar-refractivity contribution in [2.75, 3.05) is 12.4 Å². The molecule has 0 saturated carbocycles. The minimum absolute atomic E-state index is 0.0419. The molecule has 3 aromatic rings. The summed E-state index contributed by atoms with van der Waals surface area (Å²) < 4.78 is 20.6. The lowest BCUT2D eigenvalue weighted by molar-refractivity contribution is 0.386. The Morgan fingerprint density at radius 3 is 2.71 bits per heavy atom. The summed E-state index contributed by atoms with van der Waals surface area (Å²) in [6, 6.07) is 15.1. The van der Waals surface area contributed by atoms with Gasteiger partial charge >= 0.3 is 0 Å². The van der Waals surface area contributed by atoms with E-state index in [0.29, 0.717) is 6.54 Å². The van der Waals surface area contributed by atoms with Gasteiger partial charge in [0, 0.05) is 12.2 Å². The molecule has 4 nitrogen and oxygen atoms in total. The normalized spacial score (nSPS) is 12.0. The second kappa shape index (κ2) is 7.17. The number of anilines is 1. The van der Waals surface area contributed by atoms with Crippen molar-refractivity contribution in [2.45, 2.75) is 19.5 Å². The molecule has 0 saturated heterocycles. The maximum atomic E-state index is 13.8. The maximum absolute atomic E-state index is 13.8. The third-order valence-corrected chi connectivity index (χ3v) is 3.88. The lowest BCUT2D eigenvalue weighted by atomic mass is 10.1. The summed E-state index contributed by atoms with van der Waals surface area (Å²) >= 11 is 0. The van der Waals surface area contributed by atoms with Gasteiger partial charge in [-0.2, -0.15) is 5.10 Å². The SMILES string of the molecule is COc1ccc(C(C)Nc2cnn(Cc3ccccc3)c2)cc1F. The summed E-state index contributed by atoms with van der Waals surface area (Å²) in [6.45, 7) is 2.70. The molecule has 1 unspecified atom stereocenters. The van der Waals surface area contributed by atoms with Gasteiger partial charge in [-0.25, -0.2) is 4.39 Å². The Kier molecular flexibility index (Phi) is 4.79. The van der Waals surface area contributed by atoms with Gasteiger partial charge < -0.3 is 10.1 Å². The molecule has 1 aromatic heterocycles. The molecule has 5 heteroatoms. The molecule has 124 valence electrons. The summed E-state index contributed by atoms with van der Waals surface area (Å²) in [5.41, 5.74) is 2.94. The number of aromatic nitrogens is 2. The maximum Gasteiger partial charge on any atom is 0.165 e. The van der Waals surface area contributed by atoms with Crippen LogP contribution in [0.2, 0.25) is 0 Å². The van der Waals surface area contributed by atoms with Crippen LogP contribution in [-0.4, -0.2) is 16.9 Å². The number of nitrogens with zero attached hydrogens (tertiary/aromatic N) is 2. The zero-order valence-electron chi connectivity index (χ0n) is 13.7. The van der Waals surface area contributed by atoms with Crippen molar-refractivity contribution >= 4 is 5.69 Å². The summed E-state index contributed by atoms with van der Waals surface area (Å²) in [7, 11) is 1.46. The lowest BCUT2D eigenvalue weighted by Crippen LogP contribution is -2.07. The first kappa shape index (κ1) is 16.1. The van der Waals surface area contributed by atoms with Crippen LogP contribution >= 0.6 is 0 Å². The van der Waals surface area contributed by atoms with E-state index in [4.69, 9.17) is 4.74 Å². The standard InChI is InChI=1S/C19H20FN3O/c1-14(16-8-9-19(24-2)18(20)10-16)22-17-11-21-23(13-17)12-15-6-4-3-5-7-15/h3-11,13-14,22H,12H2,1-2H3. The first-order valence-corrected chi connectivity index (χ1v) is 7.82. The highest BCUT2D eigenvalue weighted by Crippen LogP contribution is 2.24. The predicted octanol–water partition coefficient (Wildman–Crippen LogP) is 4.25. The molecule has 0 fully saturated rings. The van der Waals surface area contributed by atoms with E-state index in [1.165, 1.54) is 18.7 Å². The first-order chi connectivity index (χ1) is 11.7. The van der Waals surface area contributed by atoms with Crippen molar-refractivity contribution in [3.63, 3.8) is 0 Å². The lowest BCUT2D eigenvalue weighted by Gasteiger charge is -2.15. The molecule has 0 aliphatic heterocycles. The number of halogens is 1. The zero-order chi connectivity index (χ0) is 16.9. The molecule has 0 aliphatic carbocycles. The monoisotopic (exact) mass is 325 g/mol. The molecule has 1 heterocycles. The smallest absolute Gasteiger partial charge is 0.165 e. The Morgan fingerprint density at radius 2 is 2.00 bits per heavy atom. The van der Waals surface area contributed by atoms with Crippen molar-refractivity contribution in [3.8, 4) is 5.75 Å². The topological polar surface area (TPSA) is 39.1 Å². The summed E-state index contributed by atoms with van der Waals surface area (Å²) in [5, 5.41) is 7.70. The van der Waals surface area contributed by atoms with Gasteiger partial charge in [0.15, 0.2) is 11.6 Å². The number of nitrogens with one attached hydrogen (secondary N) is 1. The molecule has 0 aliphatic rings. The minimum Gasteiger partial charge on any atom is -0.494 e. The highest BCUT2D eigenvalue weighted by Gasteiger charge is 2.10. The van der Waals surface area contributed by atoms with Crippen LogP contribution in [0.4, 0.5) is 10.1 Å². The number of benzene rings is 2. The van der Waals surface area contributed by atoms with Gasteiger partial charge in [-0.15, -0.1) is 0 Å². The van der Waals surface area contributed by atoms with Crippen LogP contribution in [0.25, 0.3) is 0 Å². The second-order valence-corrected chi connectivity index (χ2v) is 5.67. The van der Waals surface area contributed by atoms with E-state index in [-0.39, 0.29) is 17.6 Å². The van der Waals surface area contributed by atoms with Gasteiger partial charge in [-0.1, -0.05) is 36.4 Å². The molecule has 0 spiro atoms. The van der Waals surface area contributed by atoms with Gasteiger partial charge in [0.1, 0.15) is 0 Å². The Bertz CT molecular complexity index is 801. The molecule has 0 amide bonds. The fraction of sp³-hybridized carbons (Fsp3) is 0.211. The van der Waals surface area contributed by atoms with Crippen molar-refractivity contribution in [2.24, 2.45) is 0 Å². The van der Waals surface area contributed by atoms with E-state index in [1.807, 2.05) is 42.1 Å². The number of rotatable bonds is 6. The van der Waals surface area contributed by atoms with E-state index in [2.05, 4.69) is 22.5 Å². The van der Waals surface area contributed by atoms with Gasteiger partial charge in [-0.3, -0.25) is 4.68 Å². The van der Waals surface area contributed by atoms with Crippen LogP contribution in [-0.2, 0) is 6.54 Å². The summed E-state index contributed by atoms with van der Waals surface area (Å²) in [4.78, 5) is 0. The number of hydrogen-bond acceptors (Lipinski definition) is 3. The molecule has 3 rings (SSSR count). The van der Waals surface area contributed by atoms with Gasteiger partial charge in [0.05, 0.1) is 25.5 Å². The first-order valence-electron chi connectivity index (χ1n) is 7.82. The number of hydrogen-bond donors (Lipinski definition) is 1. The Morgan fingerprint density at radius 1 is 1.21 bits per heavy atom. The van der Waals surface area contributed by atoms with Gasteiger partial charge in [-0.05, 0) is 30.2 Å². The minimum atomic E-state index is -0.358. The predicted molar refractivity (Wildman–Crippen MR) is 92.8 cm³/mol. The molecule has 0 bridgehead atoms. The Hall–Kier alpha value is -2.82. The highest BCUT2D eigenvalue weighted by molar-refractivity contribution is 5.42. The van der Waals surface area contributed by atoms with Crippen LogP contribution in [0.1, 0.15) is 24.1 Å². The van der Waals surface area contributed by atoms with Gasteiger partial charge in [0.25, 0.3) is 0 Å². The summed E-state index contributed by atoms with van der Waals surface area (Å²) in [5.74, 6) is -0.106. The van der Waals surface area contributed by atoms with E-state index in [9.17, 15) is 4.39 Å². The average Bonchev–Trinajstić information content (AvgIpc) is 3.02. The van der Waals surface area contributed by atoms with Crippen LogP contribution < -0.4 is 10.1 Å². The molecule has 2 aromatic carbocycles. The summed E-state index contributed by atoms with van der Waals surface area (Å²) in [6.07, 6.45) is 3.72. The van der Waals surface area contributed by atoms with Crippen molar-refractivity contribution in [1.82, 2.24) is 9.78 Å². The molecular formula is C19H20FN3O. The Balaban J connectivity index is 1.67. The van der Waals surface area contributed by atoms with Gasteiger partial charge in [0.2, 0.25) is 0 Å². The Labute approximate surface area is 140 Å². The molecule has 24 heavy (non-hydrogen) atoms. The van der Waals surface area contributed by atoms with Crippen molar-refractivity contribution < 1.29 is 9.13 Å². The van der Waals surface area contributed by atoms with E-state index >= 15 is 0 Å². The van der Waals surface area contributed by atoms with E-state index in [0.717, 1.165) is 11.3 Å². The third kappa shape index (κ3) is 3.74. The van der Waals surface area contributed by atoms with Crippen LogP contribution in [0.15, 0.2) is 60.9 Å². The molecular weight excluding hydrogens is 305 g/mol. The van der Waals surface area contributed by atoms with E-state index in [1.54, 1.807) is 12.3 Å². The fourth-order valence-electron chi connectivity index (χ4n) is 2.58. The zero-order valence-corrected chi connectivity index (χ0v) is 13.7. The fourth-order valence-corrected chi connectivity index (χ4v) is 2.58. The highest BCUT2D eigenvalue weighted by atomic mass is 19.1. The molecule has 1 N–H and O–H groups in total. The van der Waals surface area contributed by atoms with Crippen LogP contribution in [0.5, 0.6) is 5.75 Å².